The highest BCUT2D eigenvalue weighted by atomic mass is 16.5. The molecule has 1 heterocycles. The van der Waals surface area contributed by atoms with E-state index in [2.05, 4.69) is 38.5 Å². The van der Waals surface area contributed by atoms with Crippen molar-refractivity contribution in [2.24, 2.45) is 5.92 Å². The van der Waals surface area contributed by atoms with Crippen molar-refractivity contribution >= 4 is 29.8 Å². The number of carbonyl (C=O) groups is 4. The van der Waals surface area contributed by atoms with Crippen molar-refractivity contribution in [3.63, 3.8) is 0 Å². The first-order valence-corrected chi connectivity index (χ1v) is 15.4. The Morgan fingerprint density at radius 1 is 1.00 bits per heavy atom. The van der Waals surface area contributed by atoms with Crippen molar-refractivity contribution in [3.8, 4) is 0 Å². The van der Waals surface area contributed by atoms with Crippen LogP contribution in [-0.4, -0.2) is 87.6 Å². The fourth-order valence-electron chi connectivity index (χ4n) is 5.68. The zero-order valence-corrected chi connectivity index (χ0v) is 26.3. The lowest BCUT2D eigenvalue weighted by Crippen LogP contribution is -2.53. The van der Waals surface area contributed by atoms with E-state index in [1.54, 1.807) is 26.3 Å². The van der Waals surface area contributed by atoms with Crippen LogP contribution in [0.25, 0.3) is 0 Å². The van der Waals surface area contributed by atoms with Crippen LogP contribution in [0.2, 0.25) is 0 Å². The minimum Gasteiger partial charge on any atom is -0.379 e. The van der Waals surface area contributed by atoms with E-state index >= 15 is 0 Å². The molecule has 5 N–H and O–H groups in total. The number of nitrogens with one attached hydrogen (secondary N) is 5. The van der Waals surface area contributed by atoms with E-state index in [1.165, 1.54) is 0 Å². The van der Waals surface area contributed by atoms with Crippen LogP contribution < -0.4 is 26.6 Å². The molecular formula is C33H48N6O5. The molecule has 4 amide bonds. The molecular weight excluding hydrogens is 560 g/mol. The maximum Gasteiger partial charge on any atom is 0.243 e. The third-order valence-corrected chi connectivity index (χ3v) is 8.30. The van der Waals surface area contributed by atoms with E-state index in [9.17, 15) is 19.2 Å². The van der Waals surface area contributed by atoms with Gasteiger partial charge in [0.15, 0.2) is 0 Å². The maximum atomic E-state index is 13.4. The highest BCUT2D eigenvalue weighted by Crippen LogP contribution is 2.25. The second-order valence-corrected chi connectivity index (χ2v) is 11.4. The Labute approximate surface area is 260 Å². The molecule has 11 heteroatoms. The molecule has 0 bridgehead atoms. The van der Waals surface area contributed by atoms with Crippen LogP contribution in [0.5, 0.6) is 0 Å². The second kappa shape index (κ2) is 18.1. The van der Waals surface area contributed by atoms with Crippen LogP contribution in [0.4, 0.5) is 5.69 Å². The molecule has 0 aliphatic carbocycles. The van der Waals surface area contributed by atoms with Crippen LogP contribution in [0.3, 0.4) is 0 Å². The van der Waals surface area contributed by atoms with Gasteiger partial charge < -0.3 is 36.2 Å². The van der Waals surface area contributed by atoms with Crippen LogP contribution in [-0.2, 0) is 36.9 Å². The van der Waals surface area contributed by atoms with Gasteiger partial charge in [0.05, 0.1) is 18.1 Å². The van der Waals surface area contributed by atoms with Crippen molar-refractivity contribution in [1.82, 2.24) is 26.2 Å². The normalized spacial score (nSPS) is 17.6. The second-order valence-electron chi connectivity index (χ2n) is 11.4. The first-order chi connectivity index (χ1) is 21.3. The van der Waals surface area contributed by atoms with Gasteiger partial charge in [-0.2, -0.15) is 0 Å². The van der Waals surface area contributed by atoms with Gasteiger partial charge in [-0.05, 0) is 69.6 Å². The van der Waals surface area contributed by atoms with Gasteiger partial charge in [0.2, 0.25) is 24.1 Å². The molecule has 2 aromatic rings. The molecule has 1 saturated heterocycles. The van der Waals surface area contributed by atoms with E-state index in [4.69, 9.17) is 4.74 Å². The smallest absolute Gasteiger partial charge is 0.243 e. The summed E-state index contributed by atoms with van der Waals surface area (Å²) in [5.74, 6) is -1.09. The molecule has 0 unspecified atom stereocenters. The molecule has 2 aromatic carbocycles. The third-order valence-electron chi connectivity index (χ3n) is 8.30. The first-order valence-electron chi connectivity index (χ1n) is 15.4. The van der Waals surface area contributed by atoms with Gasteiger partial charge in [0, 0.05) is 38.3 Å². The van der Waals surface area contributed by atoms with Gasteiger partial charge in [-0.15, -0.1) is 0 Å². The molecule has 0 aromatic heterocycles. The topological polar surface area (TPSA) is 141 Å². The molecule has 1 fully saturated rings. The fourth-order valence-corrected chi connectivity index (χ4v) is 5.68. The molecule has 240 valence electrons. The summed E-state index contributed by atoms with van der Waals surface area (Å²) in [6, 6.07) is 15.9. The largest absolute Gasteiger partial charge is 0.379 e. The minimum atomic E-state index is -0.759. The van der Waals surface area contributed by atoms with E-state index in [1.807, 2.05) is 49.4 Å². The summed E-state index contributed by atoms with van der Waals surface area (Å²) in [6.07, 6.45) is 4.02. The van der Waals surface area contributed by atoms with Crippen molar-refractivity contribution in [3.05, 3.63) is 65.7 Å². The van der Waals surface area contributed by atoms with Gasteiger partial charge in [0.25, 0.3) is 0 Å². The number of hydrogen-bond acceptors (Lipinski definition) is 7. The average molecular weight is 609 g/mol. The monoisotopic (exact) mass is 608 g/mol. The van der Waals surface area contributed by atoms with Gasteiger partial charge in [-0.25, -0.2) is 0 Å². The number of methoxy groups -OCH3 is 1. The van der Waals surface area contributed by atoms with Crippen molar-refractivity contribution in [2.75, 3.05) is 39.6 Å². The summed E-state index contributed by atoms with van der Waals surface area (Å²) >= 11 is 0. The Bertz CT molecular complexity index is 1190. The van der Waals surface area contributed by atoms with E-state index in [0.717, 1.165) is 30.5 Å². The number of rotatable bonds is 18. The number of ether oxygens (including phenoxy) is 1. The van der Waals surface area contributed by atoms with Crippen molar-refractivity contribution < 1.29 is 23.9 Å². The van der Waals surface area contributed by atoms with Crippen LogP contribution in [0, 0.1) is 5.92 Å². The molecule has 0 radical (unpaired) electrons. The Hall–Kier alpha value is -3.80. The third kappa shape index (κ3) is 10.4. The molecule has 11 nitrogen and oxygen atoms in total. The Morgan fingerprint density at radius 2 is 1.73 bits per heavy atom. The number of likely N-dealkylation sites (N-methyl/N-ethyl adjacent to an activating group) is 2. The lowest BCUT2D eigenvalue weighted by molar-refractivity contribution is -0.135. The number of hydrogen-bond donors (Lipinski definition) is 5. The van der Waals surface area contributed by atoms with Crippen LogP contribution >= 0.6 is 0 Å². The predicted octanol–water partition coefficient (Wildman–Crippen LogP) is 1.83. The quantitative estimate of drug-likeness (QED) is 0.128. The summed E-state index contributed by atoms with van der Waals surface area (Å²) in [6.45, 7) is 3.61. The van der Waals surface area contributed by atoms with Crippen molar-refractivity contribution in [2.45, 2.75) is 69.8 Å². The van der Waals surface area contributed by atoms with Gasteiger partial charge in [0.1, 0.15) is 6.04 Å². The van der Waals surface area contributed by atoms with Gasteiger partial charge in [-0.3, -0.25) is 19.2 Å². The number of amides is 4. The summed E-state index contributed by atoms with van der Waals surface area (Å²) in [4.78, 5) is 52.1. The average Bonchev–Trinajstić information content (AvgIpc) is 3.46. The number of nitrogens with zero attached hydrogens (tertiary/aromatic N) is 1. The van der Waals surface area contributed by atoms with Crippen molar-refractivity contribution in [1.29, 1.82) is 0 Å². The number of benzene rings is 2. The fraction of sp³-hybridized carbons (Fsp3) is 0.515. The van der Waals surface area contributed by atoms with E-state index < -0.39 is 12.0 Å². The summed E-state index contributed by atoms with van der Waals surface area (Å²) in [7, 11) is 5.42. The predicted molar refractivity (Wildman–Crippen MR) is 171 cm³/mol. The molecule has 0 spiro atoms. The maximum absolute atomic E-state index is 13.4. The molecule has 5 atom stereocenters. The highest BCUT2D eigenvalue weighted by Gasteiger charge is 2.37. The standard InChI is InChI=1S/C33H48N6O5/c1-23(30(44-4)29-13-9-19-39(29)3)31(41)38-28(20-24-10-6-5-7-11-24)32(42)36-21-25-14-16-26(17-15-25)37-33(43)27(34-2)12-8-18-35-22-40/h5-7,10-11,14-17,22-23,27-30,34H,8-9,12-13,18-21H2,1-4H3,(H,35,40)(H,36,42)(H,37,43)(H,38,41)/t23-,27+,28+,29+,30-/m1/s1. The van der Waals surface area contributed by atoms with Gasteiger partial charge in [-0.1, -0.05) is 49.4 Å². The molecule has 44 heavy (non-hydrogen) atoms. The molecule has 3 rings (SSSR count). The summed E-state index contributed by atoms with van der Waals surface area (Å²) in [5, 5.41) is 14.5. The zero-order valence-electron chi connectivity index (χ0n) is 26.3. The summed E-state index contributed by atoms with van der Waals surface area (Å²) < 4.78 is 5.79. The zero-order chi connectivity index (χ0) is 31.9. The minimum absolute atomic E-state index is 0.157. The Kier molecular flexibility index (Phi) is 14.3. The molecule has 1 aliphatic rings. The molecule has 1 aliphatic heterocycles. The van der Waals surface area contributed by atoms with Gasteiger partial charge >= 0.3 is 0 Å². The molecule has 0 saturated carbocycles. The lowest BCUT2D eigenvalue weighted by Gasteiger charge is -2.32. The van der Waals surface area contributed by atoms with E-state index in [0.29, 0.717) is 37.9 Å². The van der Waals surface area contributed by atoms with Crippen LogP contribution in [0.15, 0.2) is 54.6 Å². The first kappa shape index (κ1) is 34.7. The number of likely N-dealkylation sites (tertiary alicyclic amines) is 1. The highest BCUT2D eigenvalue weighted by molar-refractivity contribution is 5.94. The Balaban J connectivity index is 1.59. The lowest BCUT2D eigenvalue weighted by atomic mass is 9.94. The number of carbonyl (C=O) groups excluding carboxylic acids is 4. The van der Waals surface area contributed by atoms with E-state index in [-0.39, 0.29) is 42.5 Å². The Morgan fingerprint density at radius 3 is 2.34 bits per heavy atom. The van der Waals surface area contributed by atoms with Crippen LogP contribution in [0.1, 0.15) is 43.7 Å². The summed E-state index contributed by atoms with van der Waals surface area (Å²) in [5.41, 5.74) is 2.43. The number of anilines is 1. The SMILES string of the molecule is CN[C@@H](CCCNC=O)C(=O)Nc1ccc(CNC(=O)[C@H](Cc2ccccc2)NC(=O)[C@H](C)[C@@H](OC)[C@@H]2CCCN2C)cc1.